The van der Waals surface area contributed by atoms with Crippen LogP contribution >= 0.6 is 7.60 Å². The van der Waals surface area contributed by atoms with Crippen molar-refractivity contribution < 1.29 is 35.2 Å². The number of benzene rings is 1. The summed E-state index contributed by atoms with van der Waals surface area (Å²) in [5.74, 6) is 0. The zero-order valence-electron chi connectivity index (χ0n) is 16.5. The predicted molar refractivity (Wildman–Crippen MR) is 106 cm³/mol. The molecule has 0 unspecified atom stereocenters. The fourth-order valence-corrected chi connectivity index (χ4v) is 5.71. The lowest BCUT2D eigenvalue weighted by molar-refractivity contribution is -0.139. The second kappa shape index (κ2) is 9.19. The summed E-state index contributed by atoms with van der Waals surface area (Å²) in [6, 6.07) is 2.34. The van der Waals surface area contributed by atoms with Crippen LogP contribution in [-0.4, -0.2) is 33.2 Å². The topological polar surface area (TPSA) is 115 Å². The maximum absolute atomic E-state index is 13.5. The van der Waals surface area contributed by atoms with Gasteiger partial charge in [0.05, 0.1) is 23.7 Å². The number of alkyl halides is 3. The van der Waals surface area contributed by atoms with Crippen LogP contribution in [0.25, 0.3) is 10.9 Å². The molecule has 2 aromatic rings. The normalized spacial score (nSPS) is 13.1. The summed E-state index contributed by atoms with van der Waals surface area (Å²) in [7, 11) is -8.56. The molecule has 0 atom stereocenters. The van der Waals surface area contributed by atoms with E-state index >= 15 is 0 Å². The van der Waals surface area contributed by atoms with Crippen LogP contribution in [0.4, 0.5) is 13.2 Å². The van der Waals surface area contributed by atoms with Gasteiger partial charge >= 0.3 is 13.8 Å². The molecule has 8 nitrogen and oxygen atoms in total. The van der Waals surface area contributed by atoms with E-state index in [1.807, 2.05) is 0 Å². The smallest absolute Gasteiger partial charge is 0.321 e. The Hall–Kier alpha value is -1.72. The maximum atomic E-state index is 13.5. The third-order valence-corrected chi connectivity index (χ3v) is 7.57. The Morgan fingerprint density at radius 2 is 1.70 bits per heavy atom. The molecule has 1 heterocycles. The first-order valence-corrected chi connectivity index (χ1v) is 12.1. The van der Waals surface area contributed by atoms with Gasteiger partial charge in [0, 0.05) is 17.4 Å². The number of sulfonamides is 1. The van der Waals surface area contributed by atoms with Crippen LogP contribution in [0.3, 0.4) is 0 Å². The summed E-state index contributed by atoms with van der Waals surface area (Å²) in [6.45, 7) is 4.55. The van der Waals surface area contributed by atoms with Gasteiger partial charge in [0.1, 0.15) is 5.30 Å². The lowest BCUT2D eigenvalue weighted by atomic mass is 10.1. The third kappa shape index (κ3) is 5.12. The number of halogens is 3. The number of rotatable bonds is 9. The quantitative estimate of drug-likeness (QED) is 0.545. The van der Waals surface area contributed by atoms with E-state index in [0.29, 0.717) is 12.5 Å². The minimum Gasteiger partial charge on any atom is -0.321 e. The molecule has 2 N–H and O–H groups in total. The largest absolute Gasteiger partial charge is 0.417 e. The summed E-state index contributed by atoms with van der Waals surface area (Å²) in [6.07, 6.45) is -4.62. The van der Waals surface area contributed by atoms with Gasteiger partial charge in [-0.3, -0.25) is 9.36 Å². The lowest BCUT2D eigenvalue weighted by Gasteiger charge is -2.18. The van der Waals surface area contributed by atoms with E-state index in [1.54, 1.807) is 6.92 Å². The van der Waals surface area contributed by atoms with Crippen molar-refractivity contribution in [2.75, 3.05) is 19.8 Å². The zero-order chi connectivity index (χ0) is 22.7. The molecule has 0 saturated carbocycles. The summed E-state index contributed by atoms with van der Waals surface area (Å²) < 4.78 is 90.8. The standard InChI is InChI=1S/C17H22F3N2O6PS/c1-4-7-21-30(25,26)15-9-11-8-14(29(24,27-5-2)28-6-3)16(23)22-13(11)10-12(15)17(18,19)20/h8-10,21H,4-7H2,1-3H3,(H,22,23). The van der Waals surface area contributed by atoms with Crippen LogP contribution in [0.5, 0.6) is 0 Å². The molecule has 0 fully saturated rings. The van der Waals surface area contributed by atoms with Gasteiger partial charge in [-0.2, -0.15) is 13.2 Å². The van der Waals surface area contributed by atoms with E-state index in [9.17, 15) is 30.9 Å². The first-order chi connectivity index (χ1) is 13.9. The molecule has 30 heavy (non-hydrogen) atoms. The zero-order valence-corrected chi connectivity index (χ0v) is 18.2. The molecule has 2 rings (SSSR count). The average Bonchev–Trinajstić information content (AvgIpc) is 2.64. The van der Waals surface area contributed by atoms with Crippen LogP contribution in [0.2, 0.25) is 0 Å². The first kappa shape index (κ1) is 24.5. The molecule has 0 aliphatic heterocycles. The Kier molecular flexibility index (Phi) is 7.52. The molecule has 0 radical (unpaired) electrons. The van der Waals surface area contributed by atoms with E-state index in [-0.39, 0.29) is 30.7 Å². The molecule has 0 aliphatic rings. The molecular weight excluding hydrogens is 448 g/mol. The summed E-state index contributed by atoms with van der Waals surface area (Å²) >= 11 is 0. The van der Waals surface area contributed by atoms with Crippen molar-refractivity contribution in [1.29, 1.82) is 0 Å². The van der Waals surface area contributed by atoms with Crippen LogP contribution in [0.1, 0.15) is 32.8 Å². The number of H-pyrrole nitrogens is 1. The monoisotopic (exact) mass is 470 g/mol. The minimum atomic E-state index is -4.99. The molecule has 1 aromatic heterocycles. The van der Waals surface area contributed by atoms with Crippen molar-refractivity contribution in [3.63, 3.8) is 0 Å². The third-order valence-electron chi connectivity index (χ3n) is 3.95. The van der Waals surface area contributed by atoms with Gasteiger partial charge in [-0.05, 0) is 38.5 Å². The second-order valence-electron chi connectivity index (χ2n) is 6.15. The number of pyridine rings is 1. The van der Waals surface area contributed by atoms with Crippen molar-refractivity contribution in [2.45, 2.75) is 38.3 Å². The minimum absolute atomic E-state index is 0.0532. The van der Waals surface area contributed by atoms with Crippen LogP contribution in [0, 0.1) is 0 Å². The number of hydrogen-bond acceptors (Lipinski definition) is 6. The molecule has 0 amide bonds. The van der Waals surface area contributed by atoms with Crippen molar-refractivity contribution in [1.82, 2.24) is 9.71 Å². The molecule has 13 heteroatoms. The van der Waals surface area contributed by atoms with E-state index in [2.05, 4.69) is 9.71 Å². The van der Waals surface area contributed by atoms with Gasteiger partial charge in [0.15, 0.2) is 0 Å². The van der Waals surface area contributed by atoms with E-state index in [1.165, 1.54) is 13.8 Å². The van der Waals surface area contributed by atoms with Crippen LogP contribution < -0.4 is 15.6 Å². The predicted octanol–water partition coefficient (Wildman–Crippen LogP) is 3.13. The van der Waals surface area contributed by atoms with Gasteiger partial charge in [0.25, 0.3) is 5.56 Å². The molecule has 168 valence electrons. The number of hydrogen-bond donors (Lipinski definition) is 2. The first-order valence-electron chi connectivity index (χ1n) is 9.07. The fourth-order valence-electron chi connectivity index (χ4n) is 2.70. The summed E-state index contributed by atoms with van der Waals surface area (Å²) in [5, 5.41) is -0.502. The maximum Gasteiger partial charge on any atom is 0.417 e. The number of aromatic nitrogens is 1. The van der Waals surface area contributed by atoms with Crippen molar-refractivity contribution in [2.24, 2.45) is 0 Å². The Morgan fingerprint density at radius 3 is 2.20 bits per heavy atom. The number of nitrogens with one attached hydrogen (secondary N) is 2. The van der Waals surface area contributed by atoms with Crippen molar-refractivity contribution >= 4 is 33.8 Å². The van der Waals surface area contributed by atoms with Gasteiger partial charge in [-0.25, -0.2) is 13.1 Å². The molecule has 0 spiro atoms. The molecule has 0 aliphatic carbocycles. The highest BCUT2D eigenvalue weighted by atomic mass is 32.2. The molecule has 0 bridgehead atoms. The Bertz CT molecular complexity index is 1120. The fraction of sp³-hybridized carbons (Fsp3) is 0.471. The van der Waals surface area contributed by atoms with Crippen molar-refractivity contribution in [3.8, 4) is 0 Å². The highest BCUT2D eigenvalue weighted by Gasteiger charge is 2.38. The highest BCUT2D eigenvalue weighted by molar-refractivity contribution is 7.89. The van der Waals surface area contributed by atoms with Gasteiger partial charge in [-0.1, -0.05) is 6.92 Å². The Labute approximate surface area is 171 Å². The average molecular weight is 470 g/mol. The van der Waals surface area contributed by atoms with E-state index < -0.39 is 45.1 Å². The van der Waals surface area contributed by atoms with Crippen molar-refractivity contribution in [3.05, 3.63) is 34.1 Å². The summed E-state index contributed by atoms with van der Waals surface area (Å²) in [4.78, 5) is 13.6. The van der Waals surface area contributed by atoms with E-state index in [0.717, 1.165) is 12.1 Å². The number of fused-ring (bicyclic) bond motifs is 1. The number of aromatic amines is 1. The lowest BCUT2D eigenvalue weighted by Crippen LogP contribution is -2.30. The molecule has 1 aromatic carbocycles. The van der Waals surface area contributed by atoms with Gasteiger partial charge in [-0.15, -0.1) is 0 Å². The Morgan fingerprint density at radius 1 is 1.10 bits per heavy atom. The Balaban J connectivity index is 2.83. The molecule has 0 saturated heterocycles. The summed E-state index contributed by atoms with van der Waals surface area (Å²) in [5.41, 5.74) is -2.66. The van der Waals surface area contributed by atoms with Gasteiger partial charge < -0.3 is 14.0 Å². The van der Waals surface area contributed by atoms with E-state index in [4.69, 9.17) is 9.05 Å². The van der Waals surface area contributed by atoms with Gasteiger partial charge in [0.2, 0.25) is 10.0 Å². The van der Waals surface area contributed by atoms with Crippen LogP contribution in [-0.2, 0) is 29.8 Å². The molecular formula is C17H22F3N2O6PS. The van der Waals surface area contributed by atoms with Crippen LogP contribution in [0.15, 0.2) is 27.9 Å². The second-order valence-corrected chi connectivity index (χ2v) is 9.88. The highest BCUT2D eigenvalue weighted by Crippen LogP contribution is 2.46. The SMILES string of the molecule is CCCNS(=O)(=O)c1cc2cc(P(=O)(OCC)OCC)c(=O)[nH]c2cc1C(F)(F)F.